The van der Waals surface area contributed by atoms with E-state index in [-0.39, 0.29) is 5.02 Å². The average Bonchev–Trinajstić information content (AvgIpc) is 2.97. The average molecular weight is 229 g/mol. The van der Waals surface area contributed by atoms with Crippen LogP contribution in [-0.2, 0) is 0 Å². The molecule has 2 nitrogen and oxygen atoms in total. The van der Waals surface area contributed by atoms with Crippen LogP contribution in [0.5, 0.6) is 0 Å². The van der Waals surface area contributed by atoms with E-state index in [0.29, 0.717) is 11.4 Å². The van der Waals surface area contributed by atoms with Crippen molar-refractivity contribution in [2.24, 2.45) is 5.92 Å². The monoisotopic (exact) mass is 228 g/mol. The molecule has 1 aromatic carbocycles. The van der Waals surface area contributed by atoms with Crippen molar-refractivity contribution in [3.05, 3.63) is 23.0 Å². The van der Waals surface area contributed by atoms with Crippen molar-refractivity contribution in [1.29, 1.82) is 0 Å². The van der Waals surface area contributed by atoms with Crippen LogP contribution in [0.3, 0.4) is 0 Å². The molecule has 0 bridgehead atoms. The molecule has 0 unspecified atom stereocenters. The molecule has 1 fully saturated rings. The Morgan fingerprint density at radius 2 is 2.20 bits per heavy atom. The molecule has 0 amide bonds. The van der Waals surface area contributed by atoms with Gasteiger partial charge in [-0.2, -0.15) is 0 Å². The molecule has 0 atom stereocenters. The molecule has 0 aromatic heterocycles. The van der Waals surface area contributed by atoms with Gasteiger partial charge in [-0.1, -0.05) is 24.4 Å². The van der Waals surface area contributed by atoms with Crippen LogP contribution in [0.1, 0.15) is 19.3 Å². The Bertz CT molecular complexity index is 364. The third kappa shape index (κ3) is 2.75. The van der Waals surface area contributed by atoms with Gasteiger partial charge in [0.05, 0.1) is 16.4 Å². The lowest BCUT2D eigenvalue weighted by molar-refractivity contribution is 0.628. The van der Waals surface area contributed by atoms with Gasteiger partial charge >= 0.3 is 0 Å². The Balaban J connectivity index is 1.96. The number of rotatable bonds is 4. The lowest BCUT2D eigenvalue weighted by Gasteiger charge is -2.09. The smallest absolute Gasteiger partial charge is 0.143 e. The van der Waals surface area contributed by atoms with Crippen LogP contribution in [0, 0.1) is 11.7 Å². The Labute approximate surface area is 93.6 Å². The van der Waals surface area contributed by atoms with Crippen LogP contribution in [0.4, 0.5) is 15.8 Å². The quantitative estimate of drug-likeness (QED) is 0.777. The van der Waals surface area contributed by atoms with Crippen LogP contribution < -0.4 is 11.1 Å². The van der Waals surface area contributed by atoms with Gasteiger partial charge in [0.1, 0.15) is 5.82 Å². The fourth-order valence-corrected chi connectivity index (χ4v) is 1.70. The summed E-state index contributed by atoms with van der Waals surface area (Å²) in [5, 5.41) is 3.20. The first kappa shape index (κ1) is 10.6. The Hall–Kier alpha value is -0.960. The minimum atomic E-state index is -0.431. The molecule has 2 rings (SSSR count). The van der Waals surface area contributed by atoms with E-state index >= 15 is 0 Å². The number of hydrogen-bond donors (Lipinski definition) is 2. The third-order valence-electron chi connectivity index (χ3n) is 2.66. The van der Waals surface area contributed by atoms with Crippen molar-refractivity contribution in [2.75, 3.05) is 17.6 Å². The first-order valence-electron chi connectivity index (χ1n) is 5.15. The summed E-state index contributed by atoms with van der Waals surface area (Å²) in [6.45, 7) is 0.843. The number of nitrogen functional groups attached to an aromatic ring is 1. The topological polar surface area (TPSA) is 38.0 Å². The van der Waals surface area contributed by atoms with Crippen LogP contribution in [0.25, 0.3) is 0 Å². The summed E-state index contributed by atoms with van der Waals surface area (Å²) in [6.07, 6.45) is 3.78. The maximum absolute atomic E-state index is 13.1. The van der Waals surface area contributed by atoms with Crippen molar-refractivity contribution in [3.63, 3.8) is 0 Å². The van der Waals surface area contributed by atoms with Gasteiger partial charge in [-0.05, 0) is 18.4 Å². The van der Waals surface area contributed by atoms with Crippen LogP contribution in [0.2, 0.25) is 5.02 Å². The van der Waals surface area contributed by atoms with Gasteiger partial charge in [0.15, 0.2) is 0 Å². The summed E-state index contributed by atoms with van der Waals surface area (Å²) in [5.74, 6) is 0.427. The van der Waals surface area contributed by atoms with Crippen molar-refractivity contribution >= 4 is 23.0 Å². The van der Waals surface area contributed by atoms with E-state index in [4.69, 9.17) is 17.3 Å². The van der Waals surface area contributed by atoms with E-state index < -0.39 is 5.82 Å². The molecule has 15 heavy (non-hydrogen) atoms. The zero-order valence-electron chi connectivity index (χ0n) is 8.39. The molecule has 0 heterocycles. The number of halogens is 2. The molecule has 1 saturated carbocycles. The lowest BCUT2D eigenvalue weighted by atomic mass is 10.2. The number of nitrogens with one attached hydrogen (secondary N) is 1. The van der Waals surface area contributed by atoms with Crippen molar-refractivity contribution in [3.8, 4) is 0 Å². The molecule has 82 valence electrons. The standard InChI is InChI=1S/C11H14ClFN2/c12-8-5-10(14)11(6-9(8)13)15-4-3-7-1-2-7/h5-7,15H,1-4,14H2. The second-order valence-electron chi connectivity index (χ2n) is 4.01. The highest BCUT2D eigenvalue weighted by Gasteiger charge is 2.20. The van der Waals surface area contributed by atoms with Gasteiger partial charge in [-0.15, -0.1) is 0 Å². The Kier molecular flexibility index (Phi) is 3.00. The van der Waals surface area contributed by atoms with Gasteiger partial charge in [0.2, 0.25) is 0 Å². The summed E-state index contributed by atoms with van der Waals surface area (Å²) in [7, 11) is 0. The van der Waals surface area contributed by atoms with Gasteiger partial charge in [-0.25, -0.2) is 4.39 Å². The van der Waals surface area contributed by atoms with Crippen LogP contribution >= 0.6 is 11.6 Å². The summed E-state index contributed by atoms with van der Waals surface area (Å²) in [4.78, 5) is 0. The lowest BCUT2D eigenvalue weighted by Crippen LogP contribution is -2.05. The largest absolute Gasteiger partial charge is 0.397 e. The number of benzene rings is 1. The van der Waals surface area contributed by atoms with Crippen molar-refractivity contribution in [1.82, 2.24) is 0 Å². The molecular weight excluding hydrogens is 215 g/mol. The molecule has 3 N–H and O–H groups in total. The van der Waals surface area contributed by atoms with Crippen LogP contribution in [0.15, 0.2) is 12.1 Å². The highest BCUT2D eigenvalue weighted by atomic mass is 35.5. The molecule has 1 aliphatic rings. The van der Waals surface area contributed by atoms with E-state index in [0.717, 1.165) is 18.9 Å². The minimum Gasteiger partial charge on any atom is -0.397 e. The first-order chi connectivity index (χ1) is 7.16. The summed E-state index contributed by atoms with van der Waals surface area (Å²) in [6, 6.07) is 2.79. The Morgan fingerprint density at radius 3 is 2.87 bits per heavy atom. The normalized spacial score (nSPS) is 15.3. The molecule has 0 saturated heterocycles. The van der Waals surface area contributed by atoms with Crippen molar-refractivity contribution in [2.45, 2.75) is 19.3 Å². The van der Waals surface area contributed by atoms with E-state index in [1.165, 1.54) is 25.0 Å². The van der Waals surface area contributed by atoms with E-state index in [1.807, 2.05) is 0 Å². The van der Waals surface area contributed by atoms with E-state index in [1.54, 1.807) is 0 Å². The zero-order valence-corrected chi connectivity index (χ0v) is 9.15. The van der Waals surface area contributed by atoms with Gasteiger partial charge < -0.3 is 11.1 Å². The number of nitrogens with two attached hydrogens (primary N) is 1. The second kappa shape index (κ2) is 4.27. The first-order valence-corrected chi connectivity index (χ1v) is 5.53. The van der Waals surface area contributed by atoms with Crippen LogP contribution in [-0.4, -0.2) is 6.54 Å². The van der Waals surface area contributed by atoms with Gasteiger partial charge in [0.25, 0.3) is 0 Å². The predicted molar refractivity (Wildman–Crippen MR) is 61.7 cm³/mol. The van der Waals surface area contributed by atoms with E-state index in [2.05, 4.69) is 5.32 Å². The fourth-order valence-electron chi connectivity index (χ4n) is 1.53. The van der Waals surface area contributed by atoms with Gasteiger partial charge in [0, 0.05) is 12.6 Å². The summed E-state index contributed by atoms with van der Waals surface area (Å²) in [5.41, 5.74) is 6.84. The highest BCUT2D eigenvalue weighted by molar-refractivity contribution is 6.31. The zero-order chi connectivity index (χ0) is 10.8. The molecule has 1 aromatic rings. The molecular formula is C11H14ClFN2. The second-order valence-corrected chi connectivity index (χ2v) is 4.42. The van der Waals surface area contributed by atoms with Crippen molar-refractivity contribution < 1.29 is 4.39 Å². The predicted octanol–water partition coefficient (Wildman–Crippen LogP) is 3.27. The van der Waals surface area contributed by atoms with E-state index in [9.17, 15) is 4.39 Å². The molecule has 0 aliphatic heterocycles. The maximum atomic E-state index is 13.1. The van der Waals surface area contributed by atoms with Gasteiger partial charge in [-0.3, -0.25) is 0 Å². The minimum absolute atomic E-state index is 0.0697. The Morgan fingerprint density at radius 1 is 1.47 bits per heavy atom. The molecule has 1 aliphatic carbocycles. The number of anilines is 2. The maximum Gasteiger partial charge on any atom is 0.143 e. The number of hydrogen-bond acceptors (Lipinski definition) is 2. The SMILES string of the molecule is Nc1cc(Cl)c(F)cc1NCCC1CC1. The fraction of sp³-hybridized carbons (Fsp3) is 0.455. The highest BCUT2D eigenvalue weighted by Crippen LogP contribution is 2.32. The third-order valence-corrected chi connectivity index (χ3v) is 2.95. The molecule has 0 radical (unpaired) electrons. The summed E-state index contributed by atoms with van der Waals surface area (Å²) >= 11 is 5.60. The molecule has 0 spiro atoms. The molecule has 4 heteroatoms. The summed E-state index contributed by atoms with van der Waals surface area (Å²) < 4.78 is 13.1.